The highest BCUT2D eigenvalue weighted by Gasteiger charge is 2.26. The number of allylic oxidation sites excluding steroid dienone is 9. The van der Waals surface area contributed by atoms with Crippen molar-refractivity contribution in [3.63, 3.8) is 0 Å². The molecule has 0 aromatic heterocycles. The third-order valence-electron chi connectivity index (χ3n) is 5.80. The van der Waals surface area contributed by atoms with Gasteiger partial charge >= 0.3 is 5.97 Å². The highest BCUT2D eigenvalue weighted by molar-refractivity contribution is 6.00. The molecule has 0 spiro atoms. The summed E-state index contributed by atoms with van der Waals surface area (Å²) in [5.41, 5.74) is 6.26. The Morgan fingerprint density at radius 1 is 1.09 bits per heavy atom. The van der Waals surface area contributed by atoms with Gasteiger partial charge in [-0.1, -0.05) is 55.4 Å². The number of esters is 1. The van der Waals surface area contributed by atoms with Crippen LogP contribution in [0.15, 0.2) is 83.0 Å². The first kappa shape index (κ1) is 26.1. The van der Waals surface area contributed by atoms with Crippen LogP contribution in [-0.4, -0.2) is 18.5 Å². The monoisotopic (exact) mass is 447 g/mol. The maximum absolute atomic E-state index is 12.3. The molecular weight excluding hydrogens is 410 g/mol. The van der Waals surface area contributed by atoms with Gasteiger partial charge in [0.2, 0.25) is 5.91 Å². The van der Waals surface area contributed by atoms with Gasteiger partial charge in [-0.05, 0) is 87.8 Å². The number of anilines is 1. The molecular formula is C29H37NO3. The van der Waals surface area contributed by atoms with Crippen molar-refractivity contribution in [2.24, 2.45) is 5.41 Å². The summed E-state index contributed by atoms with van der Waals surface area (Å²) in [4.78, 5) is 24.0. The van der Waals surface area contributed by atoms with Crippen LogP contribution >= 0.6 is 0 Å². The van der Waals surface area contributed by atoms with E-state index in [2.05, 4.69) is 45.2 Å². The lowest BCUT2D eigenvalue weighted by Gasteiger charge is -2.32. The van der Waals surface area contributed by atoms with Crippen molar-refractivity contribution in [2.45, 2.75) is 60.8 Å². The van der Waals surface area contributed by atoms with Gasteiger partial charge < -0.3 is 10.1 Å². The van der Waals surface area contributed by atoms with E-state index in [-0.39, 0.29) is 17.3 Å². The van der Waals surface area contributed by atoms with E-state index in [9.17, 15) is 9.59 Å². The predicted octanol–water partition coefficient (Wildman–Crippen LogP) is 7.33. The van der Waals surface area contributed by atoms with E-state index in [4.69, 9.17) is 4.74 Å². The number of carbonyl (C=O) groups excluding carboxylic acids is 2. The van der Waals surface area contributed by atoms with Crippen LogP contribution in [0.4, 0.5) is 5.69 Å². The smallest absolute Gasteiger partial charge is 0.338 e. The fourth-order valence-corrected chi connectivity index (χ4v) is 3.97. The first-order chi connectivity index (χ1) is 15.6. The van der Waals surface area contributed by atoms with Gasteiger partial charge in [-0.25, -0.2) is 4.79 Å². The first-order valence-corrected chi connectivity index (χ1v) is 11.6. The molecule has 1 N–H and O–H groups in total. The van der Waals surface area contributed by atoms with Gasteiger partial charge in [0, 0.05) is 11.8 Å². The molecule has 1 aliphatic carbocycles. The van der Waals surface area contributed by atoms with Crippen LogP contribution in [0.5, 0.6) is 0 Å². The average molecular weight is 448 g/mol. The Balaban J connectivity index is 1.94. The number of amides is 1. The lowest BCUT2D eigenvalue weighted by atomic mass is 9.72. The van der Waals surface area contributed by atoms with E-state index in [1.165, 1.54) is 30.4 Å². The zero-order chi connectivity index (χ0) is 24.4. The number of ether oxygens (including phenoxy) is 1. The lowest BCUT2D eigenvalue weighted by molar-refractivity contribution is -0.111. The number of hydrogen-bond donors (Lipinski definition) is 1. The van der Waals surface area contributed by atoms with Crippen molar-refractivity contribution in [3.05, 3.63) is 88.6 Å². The fraction of sp³-hybridized carbons (Fsp3) is 0.379. The Kier molecular flexibility index (Phi) is 9.65. The number of hydrogen-bond acceptors (Lipinski definition) is 3. The maximum atomic E-state index is 12.3. The molecule has 1 aromatic rings. The van der Waals surface area contributed by atoms with E-state index in [0.29, 0.717) is 17.9 Å². The summed E-state index contributed by atoms with van der Waals surface area (Å²) in [6, 6.07) is 6.65. The molecule has 0 aliphatic heterocycles. The molecule has 33 heavy (non-hydrogen) atoms. The molecule has 1 amide bonds. The minimum absolute atomic E-state index is 0.219. The summed E-state index contributed by atoms with van der Waals surface area (Å²) >= 11 is 0. The van der Waals surface area contributed by atoms with Crippen molar-refractivity contribution < 1.29 is 14.3 Å². The molecule has 0 fully saturated rings. The van der Waals surface area contributed by atoms with Crippen LogP contribution in [0.2, 0.25) is 0 Å². The van der Waals surface area contributed by atoms with E-state index < -0.39 is 0 Å². The Bertz CT molecular complexity index is 1000. The van der Waals surface area contributed by atoms with Crippen LogP contribution in [0.25, 0.3) is 0 Å². The van der Waals surface area contributed by atoms with Gasteiger partial charge in [0.25, 0.3) is 0 Å². The summed E-state index contributed by atoms with van der Waals surface area (Å²) in [6.45, 7) is 12.9. The van der Waals surface area contributed by atoms with Gasteiger partial charge in [-0.2, -0.15) is 0 Å². The Morgan fingerprint density at radius 2 is 1.79 bits per heavy atom. The Hall–Kier alpha value is -3.14. The van der Waals surface area contributed by atoms with E-state index in [1.54, 1.807) is 37.3 Å². The maximum Gasteiger partial charge on any atom is 0.338 e. The minimum atomic E-state index is -0.372. The number of carbonyl (C=O) groups is 2. The summed E-state index contributed by atoms with van der Waals surface area (Å²) < 4.78 is 4.96. The van der Waals surface area contributed by atoms with Gasteiger partial charge in [-0.15, -0.1) is 0 Å². The third-order valence-corrected chi connectivity index (χ3v) is 5.80. The Labute approximate surface area is 198 Å². The summed E-state index contributed by atoms with van der Waals surface area (Å²) in [6.07, 6.45) is 15.6. The number of benzene rings is 1. The fourth-order valence-electron chi connectivity index (χ4n) is 3.97. The molecule has 4 nitrogen and oxygen atoms in total. The second-order valence-electron chi connectivity index (χ2n) is 9.21. The van der Waals surface area contributed by atoms with Crippen molar-refractivity contribution in [2.75, 3.05) is 11.9 Å². The molecule has 0 unspecified atom stereocenters. The number of nitrogens with one attached hydrogen (secondary N) is 1. The SMILES string of the molecule is CCOC(=O)c1ccc(NC(=O)\C=C(C)/C=C\C=C(C)/C=C\C2=C(C)CCCC2(C)C)cc1. The highest BCUT2D eigenvalue weighted by atomic mass is 16.5. The molecule has 0 bridgehead atoms. The van der Waals surface area contributed by atoms with E-state index >= 15 is 0 Å². The minimum Gasteiger partial charge on any atom is -0.462 e. The summed E-state index contributed by atoms with van der Waals surface area (Å²) in [5.74, 6) is -0.590. The largest absolute Gasteiger partial charge is 0.462 e. The van der Waals surface area contributed by atoms with Crippen LogP contribution in [-0.2, 0) is 9.53 Å². The lowest BCUT2D eigenvalue weighted by Crippen LogP contribution is -2.19. The van der Waals surface area contributed by atoms with Crippen molar-refractivity contribution in [1.29, 1.82) is 0 Å². The standard InChI is InChI=1S/C29H37NO3/c1-7-33-28(32)24-14-16-25(17-15-24)30-27(31)20-22(3)11-8-10-21(2)13-18-26-23(4)12-9-19-29(26,5)6/h8,10-11,13-18,20H,7,9,12,19H2,1-6H3,(H,30,31)/b11-8-,18-13-,21-10-,22-20-. The molecule has 0 radical (unpaired) electrons. The number of rotatable bonds is 8. The van der Waals surface area contributed by atoms with Gasteiger partial charge in [0.15, 0.2) is 0 Å². The van der Waals surface area contributed by atoms with Crippen LogP contribution < -0.4 is 5.32 Å². The van der Waals surface area contributed by atoms with E-state index in [1.807, 2.05) is 25.2 Å². The zero-order valence-electron chi connectivity index (χ0n) is 20.8. The molecule has 0 saturated heterocycles. The first-order valence-electron chi connectivity index (χ1n) is 11.6. The van der Waals surface area contributed by atoms with Crippen LogP contribution in [0.3, 0.4) is 0 Å². The predicted molar refractivity (Wildman–Crippen MR) is 137 cm³/mol. The van der Waals surface area contributed by atoms with Crippen LogP contribution in [0, 0.1) is 5.41 Å². The molecule has 2 rings (SSSR count). The molecule has 176 valence electrons. The molecule has 0 atom stereocenters. The van der Waals surface area contributed by atoms with Gasteiger partial charge in [-0.3, -0.25) is 4.79 Å². The van der Waals surface area contributed by atoms with Crippen molar-refractivity contribution in [3.8, 4) is 0 Å². The molecule has 1 aliphatic rings. The second-order valence-corrected chi connectivity index (χ2v) is 9.21. The van der Waals surface area contributed by atoms with Gasteiger partial charge in [0.05, 0.1) is 12.2 Å². The zero-order valence-corrected chi connectivity index (χ0v) is 20.8. The topological polar surface area (TPSA) is 55.4 Å². The highest BCUT2D eigenvalue weighted by Crippen LogP contribution is 2.40. The van der Waals surface area contributed by atoms with Crippen molar-refractivity contribution >= 4 is 17.6 Å². The van der Waals surface area contributed by atoms with E-state index in [0.717, 1.165) is 11.1 Å². The van der Waals surface area contributed by atoms with Gasteiger partial charge in [0.1, 0.15) is 0 Å². The molecule has 1 aromatic carbocycles. The third kappa shape index (κ3) is 8.38. The summed E-state index contributed by atoms with van der Waals surface area (Å²) in [5, 5.41) is 2.81. The normalized spacial score (nSPS) is 17.0. The van der Waals surface area contributed by atoms with Crippen molar-refractivity contribution in [1.82, 2.24) is 0 Å². The quantitative estimate of drug-likeness (QED) is 0.258. The Morgan fingerprint density at radius 3 is 2.42 bits per heavy atom. The average Bonchev–Trinajstić information content (AvgIpc) is 2.73. The van der Waals surface area contributed by atoms with Crippen LogP contribution in [0.1, 0.15) is 71.2 Å². The second kappa shape index (κ2) is 12.2. The molecule has 4 heteroatoms. The summed E-state index contributed by atoms with van der Waals surface area (Å²) in [7, 11) is 0. The molecule has 0 saturated carbocycles. The molecule has 0 heterocycles.